The van der Waals surface area contributed by atoms with Gasteiger partial charge in [-0.2, -0.15) is 0 Å². The fraction of sp³-hybridized carbons (Fsp3) is 0.276. The molecule has 0 spiro atoms. The molecule has 6 heteroatoms. The van der Waals surface area contributed by atoms with Crippen LogP contribution in [0.2, 0.25) is 0 Å². The number of benzene rings is 3. The average Bonchev–Trinajstić information content (AvgIpc) is 3.28. The van der Waals surface area contributed by atoms with Crippen LogP contribution in [-0.4, -0.2) is 23.5 Å². The van der Waals surface area contributed by atoms with Gasteiger partial charge in [0.25, 0.3) is 0 Å². The molecule has 1 amide bonds. The lowest BCUT2D eigenvalue weighted by Crippen LogP contribution is -2.31. The second kappa shape index (κ2) is 12.3. The van der Waals surface area contributed by atoms with Crippen LogP contribution < -0.4 is 11.1 Å². The Bertz CT molecular complexity index is 1220. The first-order valence-corrected chi connectivity index (χ1v) is 12.1. The minimum absolute atomic E-state index is 0.232. The Kier molecular flexibility index (Phi) is 8.65. The Morgan fingerprint density at radius 3 is 2.43 bits per heavy atom. The molecule has 0 radical (unpaired) electrons. The van der Waals surface area contributed by atoms with Crippen molar-refractivity contribution in [3.63, 3.8) is 0 Å². The summed E-state index contributed by atoms with van der Waals surface area (Å²) in [5, 5.41) is 4.81. The maximum Gasteiger partial charge on any atom is 0.246 e. The highest BCUT2D eigenvalue weighted by Gasteiger charge is 2.15. The molecule has 1 aromatic heterocycles. The number of ether oxygens (including phenoxy) is 1. The molecule has 4 rings (SSSR count). The van der Waals surface area contributed by atoms with Crippen LogP contribution in [0.25, 0.3) is 10.9 Å². The van der Waals surface area contributed by atoms with E-state index in [0.29, 0.717) is 6.42 Å². The van der Waals surface area contributed by atoms with Gasteiger partial charge in [0.15, 0.2) is 0 Å². The van der Waals surface area contributed by atoms with Gasteiger partial charge in [0.2, 0.25) is 5.91 Å². The summed E-state index contributed by atoms with van der Waals surface area (Å²) in [6, 6.07) is 23.0. The highest BCUT2D eigenvalue weighted by Crippen LogP contribution is 2.18. The lowest BCUT2D eigenvalue weighted by Gasteiger charge is -2.15. The number of aromatic nitrogens is 1. The van der Waals surface area contributed by atoms with Crippen LogP contribution in [0.15, 0.2) is 79.0 Å². The topological polar surface area (TPSA) is 80.1 Å². The number of nitrogens with two attached hydrogens (primary N) is 1. The van der Waals surface area contributed by atoms with Crippen LogP contribution in [0.3, 0.4) is 0 Å². The summed E-state index contributed by atoms with van der Waals surface area (Å²) in [5.74, 6) is -0.770. The van der Waals surface area contributed by atoms with E-state index in [-0.39, 0.29) is 12.4 Å². The summed E-state index contributed by atoms with van der Waals surface area (Å²) >= 11 is 0. The van der Waals surface area contributed by atoms with Crippen molar-refractivity contribution < 1.29 is 13.9 Å². The first-order valence-electron chi connectivity index (χ1n) is 12.1. The van der Waals surface area contributed by atoms with Gasteiger partial charge >= 0.3 is 0 Å². The predicted octanol–water partition coefficient (Wildman–Crippen LogP) is 5.03. The molecule has 0 aliphatic carbocycles. The van der Waals surface area contributed by atoms with Crippen molar-refractivity contribution >= 4 is 16.8 Å². The van der Waals surface area contributed by atoms with Gasteiger partial charge in [-0.15, -0.1) is 0 Å². The SMILES string of the molecule is NC(=O)C(CCCc1ccc(CNCCc2c[nH]c3ccccc23)cc1)OCc1ccc(F)cc1. The van der Waals surface area contributed by atoms with E-state index in [1.807, 2.05) is 6.07 Å². The number of halogens is 1. The molecule has 4 N–H and O–H groups in total. The summed E-state index contributed by atoms with van der Waals surface area (Å²) in [6.45, 7) is 1.97. The third-order valence-electron chi connectivity index (χ3n) is 6.21. The lowest BCUT2D eigenvalue weighted by atomic mass is 10.0. The van der Waals surface area contributed by atoms with Crippen molar-refractivity contribution in [3.05, 3.63) is 107 Å². The number of para-hydroxylation sites is 1. The molecule has 0 saturated heterocycles. The molecular formula is C29H32FN3O2. The molecule has 0 bridgehead atoms. The minimum Gasteiger partial charge on any atom is -0.367 e. The second-order valence-corrected chi connectivity index (χ2v) is 8.82. The Morgan fingerprint density at radius 2 is 1.66 bits per heavy atom. The Labute approximate surface area is 205 Å². The van der Waals surface area contributed by atoms with Crippen molar-refractivity contribution in [2.24, 2.45) is 5.73 Å². The number of fused-ring (bicyclic) bond motifs is 1. The van der Waals surface area contributed by atoms with Gasteiger partial charge in [-0.3, -0.25) is 4.79 Å². The van der Waals surface area contributed by atoms with E-state index in [1.165, 1.54) is 39.7 Å². The third kappa shape index (κ3) is 7.25. The molecule has 1 unspecified atom stereocenters. The standard InChI is InChI=1S/C29H32FN3O2/c30-25-14-12-23(13-15-25)20-35-28(29(31)34)7-3-4-21-8-10-22(11-9-21)18-32-17-16-24-19-33-27-6-2-1-5-26(24)27/h1-2,5-6,8-15,19,28,32-33H,3-4,7,16-18,20H2,(H2,31,34). The van der Waals surface area contributed by atoms with Gasteiger partial charge in [0, 0.05) is 23.6 Å². The number of hydrogen-bond donors (Lipinski definition) is 3. The molecule has 0 saturated carbocycles. The summed E-state index contributed by atoms with van der Waals surface area (Å²) in [6.07, 6.45) is 4.61. The second-order valence-electron chi connectivity index (χ2n) is 8.82. The molecule has 4 aromatic rings. The number of carbonyl (C=O) groups is 1. The summed E-state index contributed by atoms with van der Waals surface area (Å²) in [7, 11) is 0. The maximum atomic E-state index is 13.0. The number of rotatable bonds is 13. The lowest BCUT2D eigenvalue weighted by molar-refractivity contribution is -0.130. The number of carbonyl (C=O) groups excluding carboxylic acids is 1. The molecule has 3 aromatic carbocycles. The van der Waals surface area contributed by atoms with Gasteiger partial charge in [0.1, 0.15) is 11.9 Å². The fourth-order valence-corrected chi connectivity index (χ4v) is 4.19. The van der Waals surface area contributed by atoms with Gasteiger partial charge in [-0.25, -0.2) is 4.39 Å². The van der Waals surface area contributed by atoms with Crippen LogP contribution in [0, 0.1) is 5.82 Å². The predicted molar refractivity (Wildman–Crippen MR) is 137 cm³/mol. The Balaban J connectivity index is 1.16. The number of H-pyrrole nitrogens is 1. The first-order chi connectivity index (χ1) is 17.1. The number of aromatic amines is 1. The van der Waals surface area contributed by atoms with E-state index in [9.17, 15) is 9.18 Å². The first kappa shape index (κ1) is 24.6. The van der Waals surface area contributed by atoms with Gasteiger partial charge in [0.05, 0.1) is 6.61 Å². The van der Waals surface area contributed by atoms with Crippen molar-refractivity contribution in [2.75, 3.05) is 6.54 Å². The van der Waals surface area contributed by atoms with Gasteiger partial charge < -0.3 is 20.8 Å². The third-order valence-corrected chi connectivity index (χ3v) is 6.21. The van der Waals surface area contributed by atoms with Gasteiger partial charge in [-0.1, -0.05) is 54.6 Å². The maximum absolute atomic E-state index is 13.0. The van der Waals surface area contributed by atoms with E-state index in [0.717, 1.165) is 37.9 Å². The summed E-state index contributed by atoms with van der Waals surface area (Å²) in [4.78, 5) is 15.1. The van der Waals surface area contributed by atoms with E-state index in [1.54, 1.807) is 12.1 Å². The van der Waals surface area contributed by atoms with Crippen molar-refractivity contribution in [2.45, 2.75) is 44.9 Å². The zero-order valence-corrected chi connectivity index (χ0v) is 19.8. The molecule has 182 valence electrons. The molecule has 1 heterocycles. The smallest absolute Gasteiger partial charge is 0.246 e. The van der Waals surface area contributed by atoms with Crippen molar-refractivity contribution in [1.82, 2.24) is 10.3 Å². The van der Waals surface area contributed by atoms with Crippen LogP contribution >= 0.6 is 0 Å². The van der Waals surface area contributed by atoms with Crippen LogP contribution in [0.4, 0.5) is 4.39 Å². The molecular weight excluding hydrogens is 441 g/mol. The average molecular weight is 474 g/mol. The number of primary amides is 1. The number of nitrogens with one attached hydrogen (secondary N) is 2. The summed E-state index contributed by atoms with van der Waals surface area (Å²) in [5.41, 5.74) is 11.3. The van der Waals surface area contributed by atoms with E-state index in [2.05, 4.69) is 59.0 Å². The highest BCUT2D eigenvalue weighted by molar-refractivity contribution is 5.83. The zero-order chi connectivity index (χ0) is 24.5. The van der Waals surface area contributed by atoms with E-state index >= 15 is 0 Å². The van der Waals surface area contributed by atoms with Crippen molar-refractivity contribution in [1.29, 1.82) is 0 Å². The molecule has 1 atom stereocenters. The van der Waals surface area contributed by atoms with Gasteiger partial charge in [-0.05, 0) is 72.7 Å². The van der Waals surface area contributed by atoms with Crippen LogP contribution in [0.5, 0.6) is 0 Å². The van der Waals surface area contributed by atoms with E-state index < -0.39 is 12.0 Å². The summed E-state index contributed by atoms with van der Waals surface area (Å²) < 4.78 is 18.7. The largest absolute Gasteiger partial charge is 0.367 e. The number of aryl methyl sites for hydroxylation is 1. The Hall–Kier alpha value is -3.48. The number of hydrogen-bond acceptors (Lipinski definition) is 3. The normalized spacial score (nSPS) is 12.1. The van der Waals surface area contributed by atoms with Crippen LogP contribution in [0.1, 0.15) is 35.1 Å². The van der Waals surface area contributed by atoms with Crippen molar-refractivity contribution in [3.8, 4) is 0 Å². The molecule has 5 nitrogen and oxygen atoms in total. The Morgan fingerprint density at radius 1 is 0.943 bits per heavy atom. The van der Waals surface area contributed by atoms with Crippen LogP contribution in [-0.2, 0) is 35.5 Å². The zero-order valence-electron chi connectivity index (χ0n) is 19.8. The quantitative estimate of drug-likeness (QED) is 0.238. The number of amides is 1. The monoisotopic (exact) mass is 473 g/mol. The highest BCUT2D eigenvalue weighted by atomic mass is 19.1. The molecule has 0 fully saturated rings. The van der Waals surface area contributed by atoms with E-state index in [4.69, 9.17) is 10.5 Å². The molecule has 0 aliphatic rings. The molecule has 0 aliphatic heterocycles. The minimum atomic E-state index is -0.652. The fourth-order valence-electron chi connectivity index (χ4n) is 4.19. The molecule has 35 heavy (non-hydrogen) atoms.